The maximum absolute atomic E-state index is 13.4. The molecule has 0 fully saturated rings. The van der Waals surface area contributed by atoms with Crippen LogP contribution >= 0.6 is 0 Å². The molecule has 5 N–H and O–H groups in total. The van der Waals surface area contributed by atoms with Gasteiger partial charge in [-0.1, -0.05) is 38.8 Å². The highest BCUT2D eigenvalue weighted by Gasteiger charge is 2.22. The summed E-state index contributed by atoms with van der Waals surface area (Å²) in [6, 6.07) is 10.8. The van der Waals surface area contributed by atoms with Gasteiger partial charge in [0, 0.05) is 13.3 Å². The highest BCUT2D eigenvalue weighted by Crippen LogP contribution is 2.34. The van der Waals surface area contributed by atoms with Gasteiger partial charge < -0.3 is 25.4 Å². The fourth-order valence-corrected chi connectivity index (χ4v) is 4.28. The van der Waals surface area contributed by atoms with Gasteiger partial charge in [0.15, 0.2) is 0 Å². The molecule has 1 atom stereocenters. The summed E-state index contributed by atoms with van der Waals surface area (Å²) < 4.78 is 11.6. The van der Waals surface area contributed by atoms with Crippen LogP contribution in [0.2, 0.25) is 0 Å². The van der Waals surface area contributed by atoms with Crippen molar-refractivity contribution in [3.05, 3.63) is 47.5 Å². The first-order valence-corrected chi connectivity index (χ1v) is 13.6. The summed E-state index contributed by atoms with van der Waals surface area (Å²) >= 11 is 0. The molecule has 0 spiro atoms. The smallest absolute Gasteiger partial charge is 0.243 e. The Balaban J connectivity index is 0.00000260. The Morgan fingerprint density at radius 1 is 1.13 bits per heavy atom. The molecule has 39 heavy (non-hydrogen) atoms. The van der Waals surface area contributed by atoms with E-state index < -0.39 is 11.9 Å². The second kappa shape index (κ2) is 17.1. The van der Waals surface area contributed by atoms with Gasteiger partial charge in [-0.2, -0.15) is 0 Å². The zero-order chi connectivity index (χ0) is 28.6. The molecular weight excluding hydrogens is 500 g/mol. The largest absolute Gasteiger partial charge is 0.497 e. The molecule has 2 aromatic carbocycles. The van der Waals surface area contributed by atoms with Crippen LogP contribution in [0, 0.1) is 0 Å². The van der Waals surface area contributed by atoms with E-state index in [2.05, 4.69) is 22.0 Å². The first kappa shape index (κ1) is 31.6. The van der Waals surface area contributed by atoms with E-state index in [1.54, 1.807) is 30.8 Å². The number of methoxy groups -OCH3 is 1. The topological polar surface area (TPSA) is 138 Å². The number of benzene rings is 2. The number of para-hydroxylation sites is 1. The molecule has 0 saturated carbocycles. The van der Waals surface area contributed by atoms with Crippen molar-refractivity contribution in [3.8, 4) is 11.5 Å². The minimum absolute atomic E-state index is 0.229. The Bertz CT molecular complexity index is 1090. The van der Waals surface area contributed by atoms with Crippen molar-refractivity contribution >= 4 is 29.1 Å². The molecule has 0 radical (unpaired) electrons. The van der Waals surface area contributed by atoms with Crippen LogP contribution in [-0.2, 0) is 27.4 Å². The number of anilines is 2. The molecule has 1 aliphatic rings. The third-order valence-corrected chi connectivity index (χ3v) is 6.11. The molecular formula is C29H42N4O6. The fraction of sp³-hybridized carbons (Fsp3) is 0.483. The van der Waals surface area contributed by atoms with E-state index in [1.165, 1.54) is 6.92 Å². The van der Waals surface area contributed by atoms with Crippen molar-refractivity contribution in [1.29, 1.82) is 0 Å². The summed E-state index contributed by atoms with van der Waals surface area (Å²) in [5.74, 6) is 0.282. The highest BCUT2D eigenvalue weighted by atomic mass is 16.5. The van der Waals surface area contributed by atoms with E-state index in [1.807, 2.05) is 26.0 Å². The maximum atomic E-state index is 13.4. The zero-order valence-electron chi connectivity index (χ0n) is 23.4. The fourth-order valence-electron chi connectivity index (χ4n) is 4.28. The van der Waals surface area contributed by atoms with E-state index in [0.717, 1.165) is 42.6 Å². The molecule has 0 aromatic heterocycles. The molecule has 0 aliphatic carbocycles. The summed E-state index contributed by atoms with van der Waals surface area (Å²) in [6.07, 6.45) is 4.50. The Hall–Kier alpha value is -3.63. The van der Waals surface area contributed by atoms with Gasteiger partial charge in [0.1, 0.15) is 23.8 Å². The lowest BCUT2D eigenvalue weighted by Crippen LogP contribution is -2.41. The van der Waals surface area contributed by atoms with Crippen molar-refractivity contribution in [2.24, 2.45) is 0 Å². The lowest BCUT2D eigenvalue weighted by molar-refractivity contribution is -0.129. The van der Waals surface area contributed by atoms with Crippen LogP contribution < -0.4 is 30.9 Å². The number of ether oxygens (including phenoxy) is 2. The number of rotatable bonds is 8. The summed E-state index contributed by atoms with van der Waals surface area (Å²) in [6.45, 7) is 6.30. The predicted octanol–water partition coefficient (Wildman–Crippen LogP) is 4.56. The van der Waals surface area contributed by atoms with Gasteiger partial charge in [-0.05, 0) is 67.6 Å². The quantitative estimate of drug-likeness (QED) is 0.187. The van der Waals surface area contributed by atoms with Gasteiger partial charge in [0.05, 0.1) is 18.8 Å². The number of amides is 3. The van der Waals surface area contributed by atoms with Crippen LogP contribution in [0.3, 0.4) is 0 Å². The van der Waals surface area contributed by atoms with E-state index in [4.69, 9.17) is 14.7 Å². The van der Waals surface area contributed by atoms with Crippen LogP contribution in [0.5, 0.6) is 11.5 Å². The van der Waals surface area contributed by atoms with Gasteiger partial charge in [0.25, 0.3) is 0 Å². The van der Waals surface area contributed by atoms with Gasteiger partial charge in [-0.15, -0.1) is 0 Å². The second-order valence-electron chi connectivity index (χ2n) is 9.07. The van der Waals surface area contributed by atoms with Crippen LogP contribution in [0.25, 0.3) is 0 Å². The molecule has 1 aliphatic heterocycles. The molecule has 3 amide bonds. The van der Waals surface area contributed by atoms with Gasteiger partial charge in [0.2, 0.25) is 17.7 Å². The van der Waals surface area contributed by atoms with Crippen LogP contribution in [0.1, 0.15) is 70.4 Å². The number of aryl methyl sites for hydroxylation is 1. The Kier molecular flexibility index (Phi) is 13.8. The van der Waals surface area contributed by atoms with Crippen molar-refractivity contribution in [2.75, 3.05) is 24.3 Å². The van der Waals surface area contributed by atoms with E-state index in [-0.39, 0.29) is 24.8 Å². The number of hydroxylamine groups is 1. The molecule has 214 valence electrons. The third kappa shape index (κ3) is 10.6. The number of nitrogens with one attached hydrogen (secondary N) is 4. The molecule has 10 nitrogen and oxygen atoms in total. The average molecular weight is 543 g/mol. The first-order valence-electron chi connectivity index (χ1n) is 13.6. The number of carbonyl (C=O) groups excluding carboxylic acids is 3. The van der Waals surface area contributed by atoms with Crippen molar-refractivity contribution in [2.45, 2.75) is 78.4 Å². The minimum atomic E-state index is -0.478. The zero-order valence-corrected chi connectivity index (χ0v) is 23.4. The number of hydrogen-bond acceptors (Lipinski definition) is 7. The number of hydrogen-bond donors (Lipinski definition) is 5. The summed E-state index contributed by atoms with van der Waals surface area (Å²) in [5, 5.41) is 17.8. The molecule has 0 saturated heterocycles. The Morgan fingerprint density at radius 2 is 1.90 bits per heavy atom. The Morgan fingerprint density at radius 3 is 2.62 bits per heavy atom. The summed E-state index contributed by atoms with van der Waals surface area (Å²) in [5.41, 5.74) is 4.54. The lowest BCUT2D eigenvalue weighted by atomic mass is 10.0. The van der Waals surface area contributed by atoms with E-state index in [9.17, 15) is 14.4 Å². The SMILES string of the molecule is CC.COc1cc2cc(c1)COc1cccc(NC(C)=O)c1NC(=O)C(CCCCCC(=O)NO)NCCC2. The average Bonchev–Trinajstić information content (AvgIpc) is 2.94. The molecule has 10 heteroatoms. The Labute approximate surface area is 230 Å². The summed E-state index contributed by atoms with van der Waals surface area (Å²) in [4.78, 5) is 36.5. The second-order valence-corrected chi connectivity index (χ2v) is 9.07. The molecule has 2 bridgehead atoms. The maximum Gasteiger partial charge on any atom is 0.243 e. The normalized spacial score (nSPS) is 15.2. The monoisotopic (exact) mass is 542 g/mol. The summed E-state index contributed by atoms with van der Waals surface area (Å²) in [7, 11) is 1.63. The van der Waals surface area contributed by atoms with E-state index >= 15 is 0 Å². The van der Waals surface area contributed by atoms with Gasteiger partial charge in [-0.3, -0.25) is 19.6 Å². The number of unbranched alkanes of at least 4 members (excludes halogenated alkanes) is 2. The van der Waals surface area contributed by atoms with Crippen molar-refractivity contribution in [1.82, 2.24) is 10.8 Å². The third-order valence-electron chi connectivity index (χ3n) is 6.11. The molecule has 1 unspecified atom stereocenters. The molecule has 2 aromatic rings. The number of carbonyl (C=O) groups is 3. The van der Waals surface area contributed by atoms with Crippen LogP contribution in [-0.4, -0.2) is 42.6 Å². The van der Waals surface area contributed by atoms with Crippen molar-refractivity contribution < 1.29 is 29.1 Å². The molecule has 1 heterocycles. The molecule has 3 rings (SSSR count). The highest BCUT2D eigenvalue weighted by molar-refractivity contribution is 6.02. The lowest BCUT2D eigenvalue weighted by Gasteiger charge is -2.22. The van der Waals surface area contributed by atoms with Crippen molar-refractivity contribution in [3.63, 3.8) is 0 Å². The minimum Gasteiger partial charge on any atom is -0.497 e. The van der Waals surface area contributed by atoms with Gasteiger partial charge in [-0.25, -0.2) is 5.48 Å². The van der Waals surface area contributed by atoms with Gasteiger partial charge >= 0.3 is 0 Å². The van der Waals surface area contributed by atoms with Crippen LogP contribution in [0.15, 0.2) is 36.4 Å². The number of fused-ring (bicyclic) bond motifs is 3. The van der Waals surface area contributed by atoms with Crippen LogP contribution in [0.4, 0.5) is 11.4 Å². The first-order chi connectivity index (χ1) is 18.9. The predicted molar refractivity (Wildman–Crippen MR) is 151 cm³/mol. The standard InChI is InChI=1S/C27H36N4O6.C2H6/c1-18(32)29-22-10-6-11-24-26(22)30-27(34)23(9-4-3-5-12-25(33)31-35)28-13-7-8-19-14-20(17-37-24)16-21(15-19)36-2;1-2/h6,10-11,14-16,23,28,35H,3-5,7-9,12-13,17H2,1-2H3,(H,29,32)(H,30,34)(H,31,33);1-2H3. The van der Waals surface area contributed by atoms with E-state index in [0.29, 0.717) is 36.5 Å².